The van der Waals surface area contributed by atoms with Crippen LogP contribution >= 0.6 is 0 Å². The van der Waals surface area contributed by atoms with E-state index in [4.69, 9.17) is 5.73 Å². The number of carbonyl (C=O) groups excluding carboxylic acids is 1. The lowest BCUT2D eigenvalue weighted by Gasteiger charge is -2.25. The van der Waals surface area contributed by atoms with E-state index >= 15 is 0 Å². The maximum Gasteiger partial charge on any atom is 0.254 e. The summed E-state index contributed by atoms with van der Waals surface area (Å²) in [6.07, 6.45) is 0. The van der Waals surface area contributed by atoms with E-state index in [0.717, 1.165) is 0 Å². The third-order valence-corrected chi connectivity index (χ3v) is 3.73. The molecule has 1 amide bonds. The van der Waals surface area contributed by atoms with E-state index in [2.05, 4.69) is 33.0 Å². The maximum atomic E-state index is 14.0. The van der Waals surface area contributed by atoms with Crippen molar-refractivity contribution >= 4 is 11.6 Å². The highest BCUT2D eigenvalue weighted by Crippen LogP contribution is 2.20. The molecule has 112 valence electrons. The zero-order valence-electron chi connectivity index (χ0n) is 13.0. The highest BCUT2D eigenvalue weighted by atomic mass is 19.1. The van der Waals surface area contributed by atoms with Crippen molar-refractivity contribution in [2.45, 2.75) is 34.6 Å². The summed E-state index contributed by atoms with van der Waals surface area (Å²) < 4.78 is 14.0. The minimum Gasteiger partial charge on any atom is -0.399 e. The Balaban J connectivity index is 2.82. The third-order valence-electron chi connectivity index (χ3n) is 3.73. The summed E-state index contributed by atoms with van der Waals surface area (Å²) in [7, 11) is 0. The largest absolute Gasteiger partial charge is 0.399 e. The van der Waals surface area contributed by atoms with Crippen molar-refractivity contribution in [3.05, 3.63) is 29.1 Å². The molecule has 0 aliphatic heterocycles. The fourth-order valence-electron chi connectivity index (χ4n) is 2.51. The Kier molecular flexibility index (Phi) is 5.54. The first-order valence-corrected chi connectivity index (χ1v) is 7.07. The summed E-state index contributed by atoms with van der Waals surface area (Å²) in [5, 5.41) is 2.82. The van der Waals surface area contributed by atoms with Gasteiger partial charge in [-0.25, -0.2) is 4.39 Å². The topological polar surface area (TPSA) is 55.1 Å². The van der Waals surface area contributed by atoms with Crippen LogP contribution < -0.4 is 11.1 Å². The molecular weight excluding hydrogens is 255 g/mol. The van der Waals surface area contributed by atoms with Gasteiger partial charge in [-0.05, 0) is 42.4 Å². The first kappa shape index (κ1) is 16.5. The van der Waals surface area contributed by atoms with E-state index in [1.807, 2.05) is 0 Å². The fourth-order valence-corrected chi connectivity index (χ4v) is 2.51. The lowest BCUT2D eigenvalue weighted by atomic mass is 9.85. The summed E-state index contributed by atoms with van der Waals surface area (Å²) in [6.45, 7) is 10.7. The predicted molar refractivity (Wildman–Crippen MR) is 81.0 cm³/mol. The molecule has 0 aliphatic carbocycles. The number of nitrogens with one attached hydrogen (secondary N) is 1. The van der Waals surface area contributed by atoms with Crippen molar-refractivity contribution in [1.82, 2.24) is 5.32 Å². The monoisotopic (exact) mass is 280 g/mol. The number of hydrogen-bond donors (Lipinski definition) is 2. The van der Waals surface area contributed by atoms with Gasteiger partial charge in [0.2, 0.25) is 0 Å². The van der Waals surface area contributed by atoms with E-state index in [0.29, 0.717) is 35.5 Å². The van der Waals surface area contributed by atoms with E-state index in [1.54, 1.807) is 6.92 Å². The molecule has 0 aliphatic rings. The molecule has 0 saturated heterocycles. The van der Waals surface area contributed by atoms with Crippen molar-refractivity contribution < 1.29 is 9.18 Å². The van der Waals surface area contributed by atoms with Gasteiger partial charge in [0.15, 0.2) is 0 Å². The van der Waals surface area contributed by atoms with Gasteiger partial charge in [0, 0.05) is 12.2 Å². The molecule has 0 saturated carbocycles. The molecule has 20 heavy (non-hydrogen) atoms. The summed E-state index contributed by atoms with van der Waals surface area (Å²) in [5.74, 6) is 0.390. The van der Waals surface area contributed by atoms with Crippen LogP contribution in [0.1, 0.15) is 43.6 Å². The van der Waals surface area contributed by atoms with Crippen molar-refractivity contribution in [3.8, 4) is 0 Å². The van der Waals surface area contributed by atoms with Gasteiger partial charge in [-0.3, -0.25) is 4.79 Å². The zero-order valence-corrected chi connectivity index (χ0v) is 13.0. The van der Waals surface area contributed by atoms with Crippen LogP contribution in [0.5, 0.6) is 0 Å². The number of nitrogens with two attached hydrogens (primary N) is 1. The molecule has 0 atom stereocenters. The second-order valence-corrected chi connectivity index (χ2v) is 6.06. The lowest BCUT2D eigenvalue weighted by Crippen LogP contribution is -2.34. The van der Waals surface area contributed by atoms with Crippen molar-refractivity contribution in [2.24, 2.45) is 17.8 Å². The normalized spacial score (nSPS) is 11.4. The molecule has 0 unspecified atom stereocenters. The van der Waals surface area contributed by atoms with Crippen molar-refractivity contribution in [3.63, 3.8) is 0 Å². The number of rotatable bonds is 5. The van der Waals surface area contributed by atoms with Gasteiger partial charge in [0.05, 0.1) is 5.56 Å². The van der Waals surface area contributed by atoms with Gasteiger partial charge < -0.3 is 11.1 Å². The molecule has 0 fully saturated rings. The van der Waals surface area contributed by atoms with Crippen LogP contribution in [0.4, 0.5) is 10.1 Å². The summed E-state index contributed by atoms with van der Waals surface area (Å²) in [6, 6.07) is 2.91. The van der Waals surface area contributed by atoms with Crippen molar-refractivity contribution in [1.29, 1.82) is 0 Å². The number of carbonyl (C=O) groups is 1. The van der Waals surface area contributed by atoms with Crippen molar-refractivity contribution in [2.75, 3.05) is 12.3 Å². The van der Waals surface area contributed by atoms with Crippen LogP contribution in [0, 0.1) is 30.5 Å². The average molecular weight is 280 g/mol. The highest BCUT2D eigenvalue weighted by Gasteiger charge is 2.20. The van der Waals surface area contributed by atoms with Crippen LogP contribution in [0.15, 0.2) is 12.1 Å². The number of benzene rings is 1. The van der Waals surface area contributed by atoms with Crippen LogP contribution in [0.25, 0.3) is 0 Å². The Labute approximate surface area is 120 Å². The molecule has 1 rings (SSSR count). The van der Waals surface area contributed by atoms with Gasteiger partial charge in [-0.2, -0.15) is 0 Å². The number of amides is 1. The van der Waals surface area contributed by atoms with Crippen LogP contribution in [-0.2, 0) is 0 Å². The minimum atomic E-state index is -0.498. The minimum absolute atomic E-state index is 0.0220. The summed E-state index contributed by atoms with van der Waals surface area (Å²) >= 11 is 0. The summed E-state index contributed by atoms with van der Waals surface area (Å²) in [4.78, 5) is 12.1. The van der Waals surface area contributed by atoms with E-state index in [1.165, 1.54) is 12.1 Å². The van der Waals surface area contributed by atoms with Gasteiger partial charge >= 0.3 is 0 Å². The van der Waals surface area contributed by atoms with Crippen LogP contribution in [-0.4, -0.2) is 12.5 Å². The third kappa shape index (κ3) is 3.95. The second-order valence-electron chi connectivity index (χ2n) is 6.06. The van der Waals surface area contributed by atoms with Gasteiger partial charge in [-0.15, -0.1) is 0 Å². The maximum absolute atomic E-state index is 14.0. The standard InChI is InChI=1S/C16H25FN2O/c1-9(2)14(10(3)4)8-19-16(20)13-7-12(18)6-11(5)15(13)17/h6-7,9-10,14H,8,18H2,1-5H3,(H,19,20). The Morgan fingerprint density at radius 2 is 1.80 bits per heavy atom. The quantitative estimate of drug-likeness (QED) is 0.812. The average Bonchev–Trinajstić information content (AvgIpc) is 2.32. The Morgan fingerprint density at radius 3 is 2.30 bits per heavy atom. The smallest absolute Gasteiger partial charge is 0.254 e. The Morgan fingerprint density at radius 1 is 1.25 bits per heavy atom. The highest BCUT2D eigenvalue weighted by molar-refractivity contribution is 5.95. The molecule has 0 heterocycles. The predicted octanol–water partition coefficient (Wildman–Crippen LogP) is 3.37. The Hall–Kier alpha value is -1.58. The van der Waals surface area contributed by atoms with E-state index in [-0.39, 0.29) is 5.56 Å². The van der Waals surface area contributed by atoms with Crippen LogP contribution in [0.3, 0.4) is 0 Å². The van der Waals surface area contributed by atoms with Gasteiger partial charge in [0.25, 0.3) is 5.91 Å². The van der Waals surface area contributed by atoms with Crippen LogP contribution in [0.2, 0.25) is 0 Å². The molecule has 4 heteroatoms. The first-order chi connectivity index (χ1) is 9.23. The molecule has 0 aromatic heterocycles. The fraction of sp³-hybridized carbons (Fsp3) is 0.562. The number of nitrogen functional groups attached to an aromatic ring is 1. The molecule has 1 aromatic carbocycles. The molecule has 0 radical (unpaired) electrons. The number of halogens is 1. The molecule has 3 N–H and O–H groups in total. The Bertz CT molecular complexity index is 476. The number of anilines is 1. The van der Waals surface area contributed by atoms with E-state index < -0.39 is 11.7 Å². The van der Waals surface area contributed by atoms with Gasteiger partial charge in [0.1, 0.15) is 5.82 Å². The molecule has 3 nitrogen and oxygen atoms in total. The number of aryl methyl sites for hydroxylation is 1. The molecule has 0 bridgehead atoms. The first-order valence-electron chi connectivity index (χ1n) is 7.07. The lowest BCUT2D eigenvalue weighted by molar-refractivity contribution is 0.0933. The van der Waals surface area contributed by atoms with Gasteiger partial charge in [-0.1, -0.05) is 27.7 Å². The molecular formula is C16H25FN2O. The molecule has 1 aromatic rings. The molecule has 0 spiro atoms. The second kappa shape index (κ2) is 6.73. The number of hydrogen-bond acceptors (Lipinski definition) is 2. The SMILES string of the molecule is Cc1cc(N)cc(C(=O)NCC(C(C)C)C(C)C)c1F. The summed E-state index contributed by atoms with van der Waals surface area (Å²) in [5.41, 5.74) is 6.48. The zero-order chi connectivity index (χ0) is 15.4. The van der Waals surface area contributed by atoms with E-state index in [9.17, 15) is 9.18 Å².